The zero-order valence-electron chi connectivity index (χ0n) is 37.5. The maximum atomic E-state index is 12.7. The molecule has 0 spiro atoms. The molecule has 0 aromatic rings. The number of nitrogens with zero attached hydrogens (tertiary/aromatic N) is 1. The number of quaternary nitrogens is 1. The number of phosphoric ester groups is 1. The van der Waals surface area contributed by atoms with E-state index in [0.717, 1.165) is 51.4 Å². The predicted octanol–water partition coefficient (Wildman–Crippen LogP) is 11.1. The highest BCUT2D eigenvalue weighted by atomic mass is 31.2. The van der Waals surface area contributed by atoms with Crippen molar-refractivity contribution in [1.82, 2.24) is 0 Å². The first-order chi connectivity index (χ1) is 28.4. The molecule has 0 aliphatic heterocycles. The van der Waals surface area contributed by atoms with Crippen LogP contribution in [0.25, 0.3) is 0 Å². The third kappa shape index (κ3) is 43.1. The molecule has 0 aromatic heterocycles. The van der Waals surface area contributed by atoms with Crippen LogP contribution in [0, 0.1) is 0 Å². The molecule has 1 N–H and O–H groups in total. The van der Waals surface area contributed by atoms with Crippen molar-refractivity contribution >= 4 is 19.8 Å². The van der Waals surface area contributed by atoms with Gasteiger partial charge in [0.15, 0.2) is 6.10 Å². The van der Waals surface area contributed by atoms with Gasteiger partial charge in [0, 0.05) is 12.8 Å². The number of carbonyl (C=O) groups is 2. The third-order valence-electron chi connectivity index (χ3n) is 8.97. The molecule has 3 atom stereocenters. The van der Waals surface area contributed by atoms with Gasteiger partial charge in [-0.15, -0.1) is 0 Å². The summed E-state index contributed by atoms with van der Waals surface area (Å²) in [6.45, 7) is 3.96. The summed E-state index contributed by atoms with van der Waals surface area (Å²) < 4.78 is 33.8. The summed E-state index contributed by atoms with van der Waals surface area (Å²) in [5.74, 6) is -0.976. The highest BCUT2D eigenvalue weighted by Gasteiger charge is 2.21. The fourth-order valence-electron chi connectivity index (χ4n) is 5.38. The molecule has 0 radical (unpaired) electrons. The average Bonchev–Trinajstić information content (AvgIpc) is 3.18. The first-order valence-electron chi connectivity index (χ1n) is 22.4. The molecule has 10 nitrogen and oxygen atoms in total. The fourth-order valence-corrected chi connectivity index (χ4v) is 6.11. The van der Waals surface area contributed by atoms with Crippen LogP contribution < -0.4 is 4.89 Å². The van der Waals surface area contributed by atoms with Crippen molar-refractivity contribution in [2.45, 2.75) is 161 Å². The van der Waals surface area contributed by atoms with E-state index in [9.17, 15) is 24.2 Å². The van der Waals surface area contributed by atoms with E-state index in [0.29, 0.717) is 36.7 Å². The zero-order chi connectivity index (χ0) is 43.7. The van der Waals surface area contributed by atoms with Gasteiger partial charge in [0.1, 0.15) is 19.8 Å². The Kier molecular flexibility index (Phi) is 37.4. The zero-order valence-corrected chi connectivity index (χ0v) is 38.4. The second-order valence-corrected chi connectivity index (χ2v) is 17.3. The van der Waals surface area contributed by atoms with Gasteiger partial charge in [-0.1, -0.05) is 137 Å². The minimum Gasteiger partial charge on any atom is -0.756 e. The van der Waals surface area contributed by atoms with E-state index in [1.807, 2.05) is 57.6 Å². The lowest BCUT2D eigenvalue weighted by Gasteiger charge is -2.28. The molecular formula is C48H82NO9P. The second-order valence-electron chi connectivity index (χ2n) is 15.9. The molecule has 0 heterocycles. The largest absolute Gasteiger partial charge is 0.756 e. The summed E-state index contributed by atoms with van der Waals surface area (Å²) in [4.78, 5) is 37.5. The number of aliphatic hydroxyl groups excluding tert-OH is 1. The van der Waals surface area contributed by atoms with Crippen molar-refractivity contribution in [3.8, 4) is 0 Å². The molecule has 1 unspecified atom stereocenters. The predicted molar refractivity (Wildman–Crippen MR) is 242 cm³/mol. The van der Waals surface area contributed by atoms with Gasteiger partial charge in [0.05, 0.1) is 33.9 Å². The molecule has 0 bridgehead atoms. The van der Waals surface area contributed by atoms with Gasteiger partial charge in [0.2, 0.25) is 0 Å². The van der Waals surface area contributed by atoms with Crippen LogP contribution in [0.15, 0.2) is 85.1 Å². The Bertz CT molecular complexity index is 1300. The second kappa shape index (κ2) is 39.3. The Labute approximate surface area is 359 Å². The number of hydrogen-bond donors (Lipinski definition) is 1. The molecule has 338 valence electrons. The quantitative estimate of drug-likeness (QED) is 0.0160. The fraction of sp³-hybridized carbons (Fsp3) is 0.667. The number of ether oxygens (including phenoxy) is 2. The minimum absolute atomic E-state index is 0.0590. The maximum absolute atomic E-state index is 12.7. The molecule has 0 aromatic carbocycles. The van der Waals surface area contributed by atoms with Crippen LogP contribution in [0.1, 0.15) is 149 Å². The first-order valence-corrected chi connectivity index (χ1v) is 23.9. The van der Waals surface area contributed by atoms with E-state index >= 15 is 0 Å². The molecule has 0 amide bonds. The normalized spacial score (nSPS) is 14.9. The van der Waals surface area contributed by atoms with Gasteiger partial charge in [-0.05, 0) is 83.5 Å². The van der Waals surface area contributed by atoms with Crippen LogP contribution >= 0.6 is 7.82 Å². The van der Waals surface area contributed by atoms with Crippen LogP contribution in [-0.4, -0.2) is 81.2 Å². The van der Waals surface area contributed by atoms with E-state index in [1.54, 1.807) is 6.08 Å². The highest BCUT2D eigenvalue weighted by molar-refractivity contribution is 7.45. The highest BCUT2D eigenvalue weighted by Crippen LogP contribution is 2.38. The molecule has 0 fully saturated rings. The number of esters is 2. The van der Waals surface area contributed by atoms with Crippen LogP contribution in [-0.2, 0) is 32.7 Å². The van der Waals surface area contributed by atoms with Crippen LogP contribution in [0.3, 0.4) is 0 Å². The number of aliphatic hydroxyl groups is 1. The van der Waals surface area contributed by atoms with Crippen LogP contribution in [0.4, 0.5) is 0 Å². The number of allylic oxidation sites excluding steroid dienone is 12. The van der Waals surface area contributed by atoms with Crippen molar-refractivity contribution < 1.29 is 47.2 Å². The number of likely N-dealkylation sites (N-methyl/N-ethyl adjacent to an activating group) is 1. The number of unbranched alkanes of at least 4 members (excludes halogenated alkanes) is 11. The lowest BCUT2D eigenvalue weighted by atomic mass is 10.1. The van der Waals surface area contributed by atoms with Crippen molar-refractivity contribution in [2.24, 2.45) is 0 Å². The van der Waals surface area contributed by atoms with Gasteiger partial charge in [0.25, 0.3) is 7.82 Å². The van der Waals surface area contributed by atoms with Gasteiger partial charge in [-0.25, -0.2) is 0 Å². The molecule has 11 heteroatoms. The number of hydrogen-bond acceptors (Lipinski definition) is 9. The Balaban J connectivity index is 4.57. The minimum atomic E-state index is -4.66. The summed E-state index contributed by atoms with van der Waals surface area (Å²) in [7, 11) is 1.07. The van der Waals surface area contributed by atoms with E-state index in [4.69, 9.17) is 18.5 Å². The van der Waals surface area contributed by atoms with E-state index in [1.165, 1.54) is 44.9 Å². The number of phosphoric acid groups is 1. The van der Waals surface area contributed by atoms with Gasteiger partial charge < -0.3 is 33.0 Å². The Morgan fingerprint density at radius 1 is 0.627 bits per heavy atom. The topological polar surface area (TPSA) is 131 Å². The molecule has 0 aliphatic rings. The SMILES string of the molecule is CCCCC/C=C\C=C/[C@@H](O)C/C=C\C/C=C/CCCC(=O)OC[C@H](COP(=O)([O-])OCC[N+](C)(C)C)OC(=O)CCCCCC/C=C\C/C=C\C/C=C\CCCCC. The van der Waals surface area contributed by atoms with Crippen molar-refractivity contribution in [3.05, 3.63) is 85.1 Å². The molecule has 59 heavy (non-hydrogen) atoms. The summed E-state index contributed by atoms with van der Waals surface area (Å²) in [5.41, 5.74) is 0. The van der Waals surface area contributed by atoms with E-state index in [-0.39, 0.29) is 26.1 Å². The van der Waals surface area contributed by atoms with Crippen LogP contribution in [0.5, 0.6) is 0 Å². The van der Waals surface area contributed by atoms with Crippen molar-refractivity contribution in [1.29, 1.82) is 0 Å². The Morgan fingerprint density at radius 2 is 1.15 bits per heavy atom. The smallest absolute Gasteiger partial charge is 0.306 e. The molecule has 0 saturated carbocycles. The van der Waals surface area contributed by atoms with Crippen LogP contribution in [0.2, 0.25) is 0 Å². The Morgan fingerprint density at radius 3 is 1.76 bits per heavy atom. The first kappa shape index (κ1) is 56.1. The van der Waals surface area contributed by atoms with E-state index < -0.39 is 38.6 Å². The molecule has 0 saturated heterocycles. The van der Waals surface area contributed by atoms with Crippen molar-refractivity contribution in [3.63, 3.8) is 0 Å². The van der Waals surface area contributed by atoms with Gasteiger partial charge in [-0.2, -0.15) is 0 Å². The monoisotopic (exact) mass is 848 g/mol. The number of rotatable bonds is 39. The lowest BCUT2D eigenvalue weighted by Crippen LogP contribution is -2.37. The standard InChI is InChI=1S/C48H82NO9P/c1-6-8-10-12-14-15-16-17-18-19-20-21-22-23-27-32-36-40-48(52)58-46(44-57-59(53,54)56-42-41-49(3,4)5)43-55-47(51)39-35-31-28-24-26-30-34-38-45(50)37-33-29-25-13-11-9-7-2/h14-15,17-18,20-21,24-25,28-30,33-34,37,45-46,50H,6-13,16,19,22-23,26-27,31-32,35-36,38-44H2,1-5H3/b15-14-,18-17-,21-20-,28-24+,29-25-,34-30-,37-33-/t45-,46-/m1/s1. The van der Waals surface area contributed by atoms with Crippen molar-refractivity contribution in [2.75, 3.05) is 47.5 Å². The summed E-state index contributed by atoms with van der Waals surface area (Å²) in [6, 6.07) is 0. The molecule has 0 rings (SSSR count). The number of carbonyl (C=O) groups excluding carboxylic acids is 2. The van der Waals surface area contributed by atoms with Gasteiger partial charge >= 0.3 is 11.9 Å². The molecular weight excluding hydrogens is 765 g/mol. The third-order valence-corrected chi connectivity index (χ3v) is 9.93. The summed E-state index contributed by atoms with van der Waals surface area (Å²) in [5, 5.41) is 10.1. The average molecular weight is 848 g/mol. The Hall–Kier alpha value is -2.85. The van der Waals surface area contributed by atoms with E-state index in [2.05, 4.69) is 56.4 Å². The summed E-state index contributed by atoms with van der Waals surface area (Å²) in [6.07, 6.45) is 46.4. The van der Waals surface area contributed by atoms with Gasteiger partial charge in [-0.3, -0.25) is 14.2 Å². The lowest BCUT2D eigenvalue weighted by molar-refractivity contribution is -0.870. The maximum Gasteiger partial charge on any atom is 0.306 e. The summed E-state index contributed by atoms with van der Waals surface area (Å²) >= 11 is 0. The molecule has 0 aliphatic carbocycles.